The van der Waals surface area contributed by atoms with Crippen LogP contribution in [0.2, 0.25) is 0 Å². The summed E-state index contributed by atoms with van der Waals surface area (Å²) in [5, 5.41) is 9.32. The number of rotatable bonds is 7. The molecule has 0 aliphatic heterocycles. The maximum Gasteiger partial charge on any atom is 0.349 e. The topological polar surface area (TPSA) is 79.6 Å². The monoisotopic (exact) mass is 406 g/mol. The Morgan fingerprint density at radius 1 is 1.07 bits per heavy atom. The van der Waals surface area contributed by atoms with Gasteiger partial charge in [-0.2, -0.15) is 5.26 Å². The van der Waals surface area contributed by atoms with Crippen LogP contribution in [0.25, 0.3) is 6.08 Å². The van der Waals surface area contributed by atoms with Crippen LogP contribution in [0.5, 0.6) is 5.75 Å². The molecular formula is C24H26N2O4. The van der Waals surface area contributed by atoms with Gasteiger partial charge in [0.05, 0.1) is 7.11 Å². The van der Waals surface area contributed by atoms with E-state index in [0.717, 1.165) is 5.56 Å². The molecule has 0 aliphatic carbocycles. The van der Waals surface area contributed by atoms with Crippen molar-refractivity contribution < 1.29 is 19.1 Å². The third kappa shape index (κ3) is 6.49. The molecule has 0 aliphatic rings. The Morgan fingerprint density at radius 2 is 1.70 bits per heavy atom. The fourth-order valence-electron chi connectivity index (χ4n) is 2.75. The van der Waals surface area contributed by atoms with E-state index >= 15 is 0 Å². The normalized spacial score (nSPS) is 11.4. The van der Waals surface area contributed by atoms with Gasteiger partial charge in [-0.15, -0.1) is 0 Å². The third-order valence-corrected chi connectivity index (χ3v) is 4.39. The van der Waals surface area contributed by atoms with Crippen LogP contribution >= 0.6 is 0 Å². The quantitative estimate of drug-likeness (QED) is 0.395. The van der Waals surface area contributed by atoms with Crippen molar-refractivity contribution in [2.24, 2.45) is 0 Å². The lowest BCUT2D eigenvalue weighted by molar-refractivity contribution is -0.151. The summed E-state index contributed by atoms with van der Waals surface area (Å²) >= 11 is 0. The second-order valence-electron chi connectivity index (χ2n) is 7.66. The molecule has 0 atom stereocenters. The minimum absolute atomic E-state index is 0.182. The molecule has 0 unspecified atom stereocenters. The molecule has 0 heterocycles. The van der Waals surface area contributed by atoms with Gasteiger partial charge in [0, 0.05) is 12.1 Å². The lowest BCUT2D eigenvalue weighted by Gasteiger charge is -2.35. The number of nitrogens with zero attached hydrogens (tertiary/aromatic N) is 2. The number of carbonyl (C=O) groups is 2. The van der Waals surface area contributed by atoms with Crippen LogP contribution in [0, 0.1) is 11.3 Å². The molecule has 2 rings (SSSR count). The Morgan fingerprint density at radius 3 is 2.23 bits per heavy atom. The number of methoxy groups -OCH3 is 1. The molecule has 2 aromatic rings. The standard InChI is InChI=1S/C24H26N2O4/c1-24(2,3)26(16-19-8-6-5-7-9-19)22(27)17-30-23(28)20(15-25)14-18-10-12-21(29-4)13-11-18/h5-14H,16-17H2,1-4H3/b20-14+. The van der Waals surface area contributed by atoms with Crippen molar-refractivity contribution in [1.82, 2.24) is 4.90 Å². The number of nitriles is 1. The number of hydrogen-bond donors (Lipinski definition) is 0. The van der Waals surface area contributed by atoms with Crippen LogP contribution in [-0.4, -0.2) is 36.0 Å². The second-order valence-corrected chi connectivity index (χ2v) is 7.66. The smallest absolute Gasteiger partial charge is 0.349 e. The van der Waals surface area contributed by atoms with E-state index in [1.807, 2.05) is 57.2 Å². The van der Waals surface area contributed by atoms with Gasteiger partial charge in [-0.3, -0.25) is 4.79 Å². The molecule has 2 aromatic carbocycles. The Hall–Kier alpha value is -3.59. The van der Waals surface area contributed by atoms with Crippen LogP contribution in [0.3, 0.4) is 0 Å². The molecule has 0 radical (unpaired) electrons. The summed E-state index contributed by atoms with van der Waals surface area (Å²) in [7, 11) is 1.55. The molecule has 0 saturated carbocycles. The first-order valence-corrected chi connectivity index (χ1v) is 9.52. The minimum Gasteiger partial charge on any atom is -0.497 e. The predicted molar refractivity (Wildman–Crippen MR) is 114 cm³/mol. The summed E-state index contributed by atoms with van der Waals surface area (Å²) in [5.41, 5.74) is 0.981. The van der Waals surface area contributed by atoms with E-state index in [-0.39, 0.29) is 11.5 Å². The highest BCUT2D eigenvalue weighted by Gasteiger charge is 2.27. The van der Waals surface area contributed by atoms with Gasteiger partial charge < -0.3 is 14.4 Å². The maximum absolute atomic E-state index is 12.8. The summed E-state index contributed by atoms with van der Waals surface area (Å²) in [5.74, 6) is -0.504. The van der Waals surface area contributed by atoms with Crippen LogP contribution in [0.4, 0.5) is 0 Å². The Kier molecular flexibility index (Phi) is 7.76. The van der Waals surface area contributed by atoms with Gasteiger partial charge in [0.25, 0.3) is 5.91 Å². The number of amides is 1. The summed E-state index contributed by atoms with van der Waals surface area (Å²) in [6.07, 6.45) is 1.41. The fraction of sp³-hybridized carbons (Fsp3) is 0.292. The highest BCUT2D eigenvalue weighted by atomic mass is 16.5. The first-order valence-electron chi connectivity index (χ1n) is 9.52. The number of benzene rings is 2. The molecule has 6 nitrogen and oxygen atoms in total. The average Bonchev–Trinajstić information content (AvgIpc) is 2.74. The summed E-state index contributed by atoms with van der Waals surface area (Å²) < 4.78 is 10.2. The number of hydrogen-bond acceptors (Lipinski definition) is 5. The van der Waals surface area contributed by atoms with Crippen LogP contribution in [0.15, 0.2) is 60.2 Å². The van der Waals surface area contributed by atoms with Crippen molar-refractivity contribution in [3.05, 3.63) is 71.3 Å². The van der Waals surface area contributed by atoms with Crippen LogP contribution in [0.1, 0.15) is 31.9 Å². The van der Waals surface area contributed by atoms with E-state index in [1.165, 1.54) is 6.08 Å². The van der Waals surface area contributed by atoms with Gasteiger partial charge in [0.15, 0.2) is 6.61 Å². The molecule has 30 heavy (non-hydrogen) atoms. The van der Waals surface area contributed by atoms with Crippen molar-refractivity contribution in [1.29, 1.82) is 5.26 Å². The highest BCUT2D eigenvalue weighted by molar-refractivity contribution is 5.98. The zero-order valence-electron chi connectivity index (χ0n) is 17.7. The van der Waals surface area contributed by atoms with E-state index in [1.54, 1.807) is 36.3 Å². The largest absolute Gasteiger partial charge is 0.497 e. The van der Waals surface area contributed by atoms with E-state index in [9.17, 15) is 14.9 Å². The Balaban J connectivity index is 2.06. The zero-order chi connectivity index (χ0) is 22.1. The van der Waals surface area contributed by atoms with Gasteiger partial charge in [-0.05, 0) is 50.1 Å². The van der Waals surface area contributed by atoms with Crippen molar-refractivity contribution in [2.45, 2.75) is 32.9 Å². The number of esters is 1. The molecular weight excluding hydrogens is 380 g/mol. The van der Waals surface area contributed by atoms with Crippen LogP contribution in [-0.2, 0) is 20.9 Å². The average molecular weight is 406 g/mol. The Labute approximate surface area is 177 Å². The van der Waals surface area contributed by atoms with Crippen LogP contribution < -0.4 is 4.74 Å². The van der Waals surface area contributed by atoms with Crippen molar-refractivity contribution in [3.8, 4) is 11.8 Å². The van der Waals surface area contributed by atoms with E-state index < -0.39 is 18.1 Å². The van der Waals surface area contributed by atoms with E-state index in [4.69, 9.17) is 9.47 Å². The summed E-state index contributed by atoms with van der Waals surface area (Å²) in [6.45, 7) is 5.71. The molecule has 1 amide bonds. The molecule has 0 spiro atoms. The minimum atomic E-state index is -0.838. The molecule has 0 N–H and O–H groups in total. The fourth-order valence-corrected chi connectivity index (χ4v) is 2.75. The van der Waals surface area contributed by atoms with Gasteiger partial charge in [-0.1, -0.05) is 42.5 Å². The Bertz CT molecular complexity index is 936. The van der Waals surface area contributed by atoms with Gasteiger partial charge in [0.2, 0.25) is 0 Å². The van der Waals surface area contributed by atoms with Gasteiger partial charge >= 0.3 is 5.97 Å². The highest BCUT2D eigenvalue weighted by Crippen LogP contribution is 2.18. The molecule has 6 heteroatoms. The number of carbonyl (C=O) groups excluding carboxylic acids is 2. The number of ether oxygens (including phenoxy) is 2. The third-order valence-electron chi connectivity index (χ3n) is 4.39. The first-order chi connectivity index (χ1) is 14.2. The first kappa shape index (κ1) is 22.7. The van der Waals surface area contributed by atoms with Crippen molar-refractivity contribution in [2.75, 3.05) is 13.7 Å². The summed E-state index contributed by atoms with van der Waals surface area (Å²) in [4.78, 5) is 26.7. The van der Waals surface area contributed by atoms with E-state index in [0.29, 0.717) is 17.9 Å². The second kappa shape index (κ2) is 10.3. The summed E-state index contributed by atoms with van der Waals surface area (Å²) in [6, 6.07) is 18.3. The molecule has 0 saturated heterocycles. The lowest BCUT2D eigenvalue weighted by Crippen LogP contribution is -2.46. The van der Waals surface area contributed by atoms with Crippen molar-refractivity contribution in [3.63, 3.8) is 0 Å². The molecule has 156 valence electrons. The molecule has 0 bridgehead atoms. The lowest BCUT2D eigenvalue weighted by atomic mass is 10.0. The van der Waals surface area contributed by atoms with Crippen molar-refractivity contribution >= 4 is 18.0 Å². The SMILES string of the molecule is COc1ccc(/C=C(\C#N)C(=O)OCC(=O)N(Cc2ccccc2)C(C)(C)C)cc1. The van der Waals surface area contributed by atoms with Gasteiger partial charge in [0.1, 0.15) is 17.4 Å². The molecule has 0 fully saturated rings. The molecule has 0 aromatic heterocycles. The zero-order valence-corrected chi connectivity index (χ0v) is 17.7. The van der Waals surface area contributed by atoms with E-state index in [2.05, 4.69) is 0 Å². The predicted octanol–water partition coefficient (Wildman–Crippen LogP) is 3.97. The maximum atomic E-state index is 12.8. The van der Waals surface area contributed by atoms with Gasteiger partial charge in [-0.25, -0.2) is 4.79 Å².